The molecule has 2 aromatic carbocycles. The van der Waals surface area contributed by atoms with Crippen molar-refractivity contribution in [3.63, 3.8) is 0 Å². The normalized spacial score (nSPS) is 12.5. The number of hydrogen-bond acceptors (Lipinski definition) is 0. The van der Waals surface area contributed by atoms with Crippen LogP contribution in [0.1, 0.15) is 16.5 Å². The molecule has 19 heavy (non-hydrogen) atoms. The summed E-state index contributed by atoms with van der Waals surface area (Å²) >= 11 is 11.7. The van der Waals surface area contributed by atoms with Crippen molar-refractivity contribution < 1.29 is 17.6 Å². The van der Waals surface area contributed by atoms with Crippen molar-refractivity contribution in [3.05, 3.63) is 69.8 Å². The Hall–Kier alpha value is -1.26. The lowest BCUT2D eigenvalue weighted by Crippen LogP contribution is -2.03. The predicted molar refractivity (Wildman–Crippen MR) is 65.4 cm³/mol. The Morgan fingerprint density at radius 2 is 1.47 bits per heavy atom. The molecule has 0 heterocycles. The SMILES string of the molecule is Fc1cc(F)c(C(Cl)c2c(F)cccc2Cl)cc1F. The molecule has 0 nitrogen and oxygen atoms in total. The van der Waals surface area contributed by atoms with Gasteiger partial charge >= 0.3 is 0 Å². The van der Waals surface area contributed by atoms with Gasteiger partial charge in [-0.3, -0.25) is 0 Å². The summed E-state index contributed by atoms with van der Waals surface area (Å²) in [4.78, 5) is 0. The molecule has 1 unspecified atom stereocenters. The van der Waals surface area contributed by atoms with E-state index < -0.39 is 28.6 Å². The van der Waals surface area contributed by atoms with Crippen LogP contribution in [-0.4, -0.2) is 0 Å². The van der Waals surface area contributed by atoms with Crippen molar-refractivity contribution >= 4 is 23.2 Å². The number of halogens is 6. The lowest BCUT2D eigenvalue weighted by Gasteiger charge is -2.14. The average Bonchev–Trinajstić information content (AvgIpc) is 2.33. The second kappa shape index (κ2) is 5.39. The van der Waals surface area contributed by atoms with Gasteiger partial charge in [0.2, 0.25) is 0 Å². The van der Waals surface area contributed by atoms with Crippen LogP contribution in [-0.2, 0) is 0 Å². The van der Waals surface area contributed by atoms with E-state index in [9.17, 15) is 17.6 Å². The van der Waals surface area contributed by atoms with Crippen LogP contribution in [0.15, 0.2) is 30.3 Å². The zero-order valence-electron chi connectivity index (χ0n) is 9.23. The maximum atomic E-state index is 13.6. The van der Waals surface area contributed by atoms with E-state index >= 15 is 0 Å². The summed E-state index contributed by atoms with van der Waals surface area (Å²) in [6, 6.07) is 4.76. The molecular formula is C13H6Cl2F4. The van der Waals surface area contributed by atoms with Gasteiger partial charge in [0.15, 0.2) is 11.6 Å². The van der Waals surface area contributed by atoms with Crippen molar-refractivity contribution in [1.29, 1.82) is 0 Å². The van der Waals surface area contributed by atoms with E-state index in [-0.39, 0.29) is 16.1 Å². The molecule has 0 aromatic heterocycles. The van der Waals surface area contributed by atoms with Crippen molar-refractivity contribution in [1.82, 2.24) is 0 Å². The quantitative estimate of drug-likeness (QED) is 0.405. The van der Waals surface area contributed by atoms with E-state index in [1.54, 1.807) is 0 Å². The van der Waals surface area contributed by atoms with Crippen LogP contribution in [0.2, 0.25) is 5.02 Å². The third kappa shape index (κ3) is 2.69. The van der Waals surface area contributed by atoms with Gasteiger partial charge in [-0.05, 0) is 18.2 Å². The molecule has 0 bridgehead atoms. The molecule has 100 valence electrons. The summed E-state index contributed by atoms with van der Waals surface area (Å²) in [7, 11) is 0. The average molecular weight is 309 g/mol. The van der Waals surface area contributed by atoms with Gasteiger partial charge < -0.3 is 0 Å². The van der Waals surface area contributed by atoms with Crippen LogP contribution in [0.4, 0.5) is 17.6 Å². The van der Waals surface area contributed by atoms with E-state index in [1.165, 1.54) is 12.1 Å². The molecule has 0 amide bonds. The third-order valence-electron chi connectivity index (χ3n) is 2.57. The molecule has 0 aliphatic heterocycles. The molecule has 0 aliphatic carbocycles. The molecule has 2 aromatic rings. The summed E-state index contributed by atoms with van der Waals surface area (Å²) < 4.78 is 53.1. The summed E-state index contributed by atoms with van der Waals surface area (Å²) in [6.45, 7) is 0. The zero-order valence-corrected chi connectivity index (χ0v) is 10.7. The first kappa shape index (κ1) is 14.2. The highest BCUT2D eigenvalue weighted by Crippen LogP contribution is 2.37. The van der Waals surface area contributed by atoms with E-state index in [4.69, 9.17) is 23.2 Å². The van der Waals surface area contributed by atoms with Gasteiger partial charge in [-0.1, -0.05) is 17.7 Å². The first-order valence-corrected chi connectivity index (χ1v) is 5.95. The molecule has 0 spiro atoms. The molecule has 1 atom stereocenters. The van der Waals surface area contributed by atoms with Crippen molar-refractivity contribution in [2.24, 2.45) is 0 Å². The summed E-state index contributed by atoms with van der Waals surface area (Å²) in [6.07, 6.45) is 0. The Balaban J connectivity index is 2.56. The minimum Gasteiger partial charge on any atom is -0.207 e. The summed E-state index contributed by atoms with van der Waals surface area (Å²) in [5, 5.41) is -1.38. The Morgan fingerprint density at radius 1 is 0.842 bits per heavy atom. The third-order valence-corrected chi connectivity index (χ3v) is 3.35. The number of benzene rings is 2. The topological polar surface area (TPSA) is 0 Å². The fourth-order valence-electron chi connectivity index (χ4n) is 1.64. The van der Waals surface area contributed by atoms with Crippen LogP contribution in [0.5, 0.6) is 0 Å². The van der Waals surface area contributed by atoms with Crippen LogP contribution >= 0.6 is 23.2 Å². The smallest absolute Gasteiger partial charge is 0.161 e. The lowest BCUT2D eigenvalue weighted by molar-refractivity contribution is 0.490. The lowest BCUT2D eigenvalue weighted by atomic mass is 10.0. The number of hydrogen-bond donors (Lipinski definition) is 0. The van der Waals surface area contributed by atoms with Crippen molar-refractivity contribution in [2.45, 2.75) is 5.38 Å². The Labute approximate surface area is 116 Å². The molecule has 0 saturated heterocycles. The van der Waals surface area contributed by atoms with E-state index in [0.717, 1.165) is 6.07 Å². The van der Waals surface area contributed by atoms with Crippen molar-refractivity contribution in [3.8, 4) is 0 Å². The van der Waals surface area contributed by atoms with Gasteiger partial charge in [-0.15, -0.1) is 11.6 Å². The number of rotatable bonds is 2. The van der Waals surface area contributed by atoms with Gasteiger partial charge in [0.05, 0.1) is 5.38 Å². The molecule has 2 rings (SSSR count). The predicted octanol–water partition coefficient (Wildman–Crippen LogP) is 5.22. The molecule has 0 fully saturated rings. The van der Waals surface area contributed by atoms with Crippen LogP contribution in [0, 0.1) is 23.3 Å². The van der Waals surface area contributed by atoms with Crippen LogP contribution in [0.3, 0.4) is 0 Å². The maximum absolute atomic E-state index is 13.6. The highest BCUT2D eigenvalue weighted by Gasteiger charge is 2.23. The molecule has 0 radical (unpaired) electrons. The van der Waals surface area contributed by atoms with Gasteiger partial charge in [-0.25, -0.2) is 17.6 Å². The molecule has 0 saturated carbocycles. The number of alkyl halides is 1. The maximum Gasteiger partial charge on any atom is 0.161 e. The van der Waals surface area contributed by atoms with Gasteiger partial charge in [-0.2, -0.15) is 0 Å². The Morgan fingerprint density at radius 3 is 2.11 bits per heavy atom. The van der Waals surface area contributed by atoms with Crippen molar-refractivity contribution in [2.75, 3.05) is 0 Å². The van der Waals surface area contributed by atoms with Gasteiger partial charge in [0, 0.05) is 22.2 Å². The molecule has 0 aliphatic rings. The fourth-order valence-corrected chi connectivity index (χ4v) is 2.36. The summed E-state index contributed by atoms with van der Waals surface area (Å²) in [5.74, 6) is -4.44. The van der Waals surface area contributed by atoms with Crippen LogP contribution < -0.4 is 0 Å². The summed E-state index contributed by atoms with van der Waals surface area (Å²) in [5.41, 5.74) is -0.566. The van der Waals surface area contributed by atoms with E-state index in [2.05, 4.69) is 0 Å². The molecule has 6 heteroatoms. The van der Waals surface area contributed by atoms with Crippen LogP contribution in [0.25, 0.3) is 0 Å². The Bertz CT molecular complexity index is 608. The van der Waals surface area contributed by atoms with Gasteiger partial charge in [0.25, 0.3) is 0 Å². The largest absolute Gasteiger partial charge is 0.207 e. The minimum absolute atomic E-state index is 0.0240. The van der Waals surface area contributed by atoms with Gasteiger partial charge in [0.1, 0.15) is 11.6 Å². The molecule has 0 N–H and O–H groups in total. The zero-order chi connectivity index (χ0) is 14.2. The highest BCUT2D eigenvalue weighted by molar-refractivity contribution is 6.33. The molecular weight excluding hydrogens is 303 g/mol. The Kier molecular flexibility index (Phi) is 4.02. The highest BCUT2D eigenvalue weighted by atomic mass is 35.5. The van der Waals surface area contributed by atoms with E-state index in [0.29, 0.717) is 12.1 Å². The second-order valence-corrected chi connectivity index (χ2v) is 4.63. The monoisotopic (exact) mass is 308 g/mol. The fraction of sp³-hybridized carbons (Fsp3) is 0.0769. The first-order chi connectivity index (χ1) is 8.91. The minimum atomic E-state index is -1.36. The first-order valence-electron chi connectivity index (χ1n) is 5.14. The second-order valence-electron chi connectivity index (χ2n) is 3.79. The standard InChI is InChI=1S/C13H6Cl2F4/c14-7-2-1-3-8(16)12(7)13(15)6-4-10(18)11(19)5-9(6)17/h1-5,13H. The van der Waals surface area contributed by atoms with E-state index in [1.807, 2.05) is 0 Å².